The van der Waals surface area contributed by atoms with Crippen LogP contribution in [0.1, 0.15) is 26.2 Å². The van der Waals surface area contributed by atoms with E-state index in [-0.39, 0.29) is 24.4 Å². The molecule has 0 spiro atoms. The zero-order valence-corrected chi connectivity index (χ0v) is 14.8. The Kier molecular flexibility index (Phi) is 5.73. The molecule has 0 N–H and O–H groups in total. The monoisotopic (exact) mass is 350 g/mol. The van der Waals surface area contributed by atoms with Gasteiger partial charge in [0.05, 0.1) is 11.9 Å². The molecule has 0 saturated heterocycles. The number of benzene rings is 2. The van der Waals surface area contributed by atoms with Crippen molar-refractivity contribution < 1.29 is 4.79 Å². The summed E-state index contributed by atoms with van der Waals surface area (Å²) in [5.74, 6) is -0.0218. The molecule has 3 aromatic rings. The zero-order chi connectivity index (χ0) is 18.4. The van der Waals surface area contributed by atoms with E-state index >= 15 is 0 Å². The highest BCUT2D eigenvalue weighted by molar-refractivity contribution is 5.93. The standard InChI is InChI=1S/C20H22N4O2/c1-2-3-14-23(16-9-5-4-6-10-16)19(25)13-15-24-20(26)17-11-7-8-12-18(17)21-22-24/h4-12H,2-3,13-15H2,1H3. The number of amides is 1. The Balaban J connectivity index is 1.76. The molecule has 0 radical (unpaired) electrons. The third kappa shape index (κ3) is 3.96. The van der Waals surface area contributed by atoms with Gasteiger partial charge in [-0.05, 0) is 30.7 Å². The zero-order valence-electron chi connectivity index (χ0n) is 14.8. The van der Waals surface area contributed by atoms with Crippen molar-refractivity contribution in [3.63, 3.8) is 0 Å². The number of aryl methyl sites for hydroxylation is 1. The SMILES string of the molecule is CCCCN(C(=O)CCn1nnc2ccccc2c1=O)c1ccccc1. The number of aromatic nitrogens is 3. The van der Waals surface area contributed by atoms with Gasteiger partial charge in [0.15, 0.2) is 0 Å². The number of hydrogen-bond donors (Lipinski definition) is 0. The molecule has 0 unspecified atom stereocenters. The normalized spacial score (nSPS) is 10.8. The van der Waals surface area contributed by atoms with Crippen LogP contribution in [-0.4, -0.2) is 27.4 Å². The number of anilines is 1. The van der Waals surface area contributed by atoms with E-state index in [0.717, 1.165) is 18.5 Å². The Morgan fingerprint density at radius 1 is 1.08 bits per heavy atom. The summed E-state index contributed by atoms with van der Waals surface area (Å²) in [7, 11) is 0. The molecule has 6 nitrogen and oxygen atoms in total. The molecule has 26 heavy (non-hydrogen) atoms. The summed E-state index contributed by atoms with van der Waals surface area (Å²) in [6, 6.07) is 16.7. The van der Waals surface area contributed by atoms with Crippen molar-refractivity contribution in [2.24, 2.45) is 0 Å². The molecule has 0 fully saturated rings. The van der Waals surface area contributed by atoms with E-state index in [1.54, 1.807) is 23.1 Å². The summed E-state index contributed by atoms with van der Waals surface area (Å²) in [4.78, 5) is 27.0. The number of carbonyl (C=O) groups excluding carboxylic acids is 1. The van der Waals surface area contributed by atoms with E-state index in [1.807, 2.05) is 36.4 Å². The lowest BCUT2D eigenvalue weighted by Crippen LogP contribution is -2.34. The van der Waals surface area contributed by atoms with Crippen molar-refractivity contribution in [3.8, 4) is 0 Å². The van der Waals surface area contributed by atoms with Crippen LogP contribution in [0.25, 0.3) is 10.9 Å². The Morgan fingerprint density at radius 3 is 2.58 bits per heavy atom. The Bertz CT molecular complexity index is 937. The molecule has 0 aliphatic carbocycles. The van der Waals surface area contributed by atoms with Crippen LogP contribution < -0.4 is 10.5 Å². The minimum Gasteiger partial charge on any atom is -0.312 e. The number of unbranched alkanes of at least 4 members (excludes halogenated alkanes) is 1. The second kappa shape index (κ2) is 8.38. The van der Waals surface area contributed by atoms with Gasteiger partial charge in [-0.2, -0.15) is 0 Å². The number of hydrogen-bond acceptors (Lipinski definition) is 4. The van der Waals surface area contributed by atoms with Crippen molar-refractivity contribution >= 4 is 22.5 Å². The molecule has 0 aliphatic rings. The summed E-state index contributed by atoms with van der Waals surface area (Å²) < 4.78 is 1.27. The van der Waals surface area contributed by atoms with E-state index in [4.69, 9.17) is 0 Å². The number of carbonyl (C=O) groups is 1. The average Bonchev–Trinajstić information content (AvgIpc) is 2.69. The number of fused-ring (bicyclic) bond motifs is 1. The molecule has 1 heterocycles. The molecular formula is C20H22N4O2. The third-order valence-corrected chi connectivity index (χ3v) is 4.27. The molecule has 2 aromatic carbocycles. The highest BCUT2D eigenvalue weighted by atomic mass is 16.2. The van der Waals surface area contributed by atoms with Crippen LogP contribution in [0.2, 0.25) is 0 Å². The molecule has 0 bridgehead atoms. The average molecular weight is 350 g/mol. The van der Waals surface area contributed by atoms with Crippen molar-refractivity contribution in [2.75, 3.05) is 11.4 Å². The highest BCUT2D eigenvalue weighted by Gasteiger charge is 2.16. The van der Waals surface area contributed by atoms with Gasteiger partial charge in [-0.15, -0.1) is 5.10 Å². The van der Waals surface area contributed by atoms with Crippen molar-refractivity contribution in [3.05, 3.63) is 65.0 Å². The van der Waals surface area contributed by atoms with Gasteiger partial charge in [-0.1, -0.05) is 48.9 Å². The van der Waals surface area contributed by atoms with E-state index < -0.39 is 0 Å². The maximum atomic E-state index is 12.8. The summed E-state index contributed by atoms with van der Waals surface area (Å²) in [6.45, 7) is 2.97. The summed E-state index contributed by atoms with van der Waals surface area (Å²) in [6.07, 6.45) is 2.13. The van der Waals surface area contributed by atoms with Crippen molar-refractivity contribution in [1.82, 2.24) is 15.0 Å². The van der Waals surface area contributed by atoms with Crippen LogP contribution >= 0.6 is 0 Å². The van der Waals surface area contributed by atoms with Gasteiger partial charge < -0.3 is 4.90 Å². The third-order valence-electron chi connectivity index (χ3n) is 4.27. The van der Waals surface area contributed by atoms with Crippen LogP contribution in [0.4, 0.5) is 5.69 Å². The Labute approximate surface area is 152 Å². The lowest BCUT2D eigenvalue weighted by Gasteiger charge is -2.22. The minimum atomic E-state index is -0.219. The lowest BCUT2D eigenvalue weighted by atomic mass is 10.2. The summed E-state index contributed by atoms with van der Waals surface area (Å²) in [5, 5.41) is 8.53. The first-order valence-corrected chi connectivity index (χ1v) is 8.88. The molecule has 1 amide bonds. The quantitative estimate of drug-likeness (QED) is 0.657. The number of para-hydroxylation sites is 1. The van der Waals surface area contributed by atoms with Gasteiger partial charge in [0.25, 0.3) is 5.56 Å². The van der Waals surface area contributed by atoms with Gasteiger partial charge >= 0.3 is 0 Å². The van der Waals surface area contributed by atoms with Gasteiger partial charge in [0.2, 0.25) is 5.91 Å². The van der Waals surface area contributed by atoms with Crippen LogP contribution in [-0.2, 0) is 11.3 Å². The van der Waals surface area contributed by atoms with Crippen LogP contribution in [0, 0.1) is 0 Å². The summed E-state index contributed by atoms with van der Waals surface area (Å²) >= 11 is 0. The molecule has 3 rings (SSSR count). The van der Waals surface area contributed by atoms with Crippen molar-refractivity contribution in [1.29, 1.82) is 0 Å². The molecular weight excluding hydrogens is 328 g/mol. The summed E-state index contributed by atoms with van der Waals surface area (Å²) in [5.41, 5.74) is 1.22. The predicted molar refractivity (Wildman–Crippen MR) is 102 cm³/mol. The van der Waals surface area contributed by atoms with Gasteiger partial charge in [-0.25, -0.2) is 4.68 Å². The molecule has 0 saturated carbocycles. The second-order valence-corrected chi connectivity index (χ2v) is 6.12. The van der Waals surface area contributed by atoms with Gasteiger partial charge in [0.1, 0.15) is 5.52 Å². The lowest BCUT2D eigenvalue weighted by molar-refractivity contribution is -0.118. The number of nitrogens with zero attached hydrogens (tertiary/aromatic N) is 4. The first-order chi connectivity index (χ1) is 12.7. The van der Waals surface area contributed by atoms with E-state index in [9.17, 15) is 9.59 Å². The fraction of sp³-hybridized carbons (Fsp3) is 0.300. The maximum absolute atomic E-state index is 12.8. The van der Waals surface area contributed by atoms with E-state index in [2.05, 4.69) is 17.2 Å². The fourth-order valence-electron chi connectivity index (χ4n) is 2.83. The molecule has 134 valence electrons. The van der Waals surface area contributed by atoms with Crippen molar-refractivity contribution in [2.45, 2.75) is 32.7 Å². The van der Waals surface area contributed by atoms with Crippen LogP contribution in [0.3, 0.4) is 0 Å². The van der Waals surface area contributed by atoms with Gasteiger partial charge in [0, 0.05) is 18.7 Å². The topological polar surface area (TPSA) is 68.1 Å². The first-order valence-electron chi connectivity index (χ1n) is 8.88. The Hall–Kier alpha value is -3.02. The maximum Gasteiger partial charge on any atom is 0.277 e. The van der Waals surface area contributed by atoms with E-state index in [1.165, 1.54) is 4.68 Å². The second-order valence-electron chi connectivity index (χ2n) is 6.12. The molecule has 0 aliphatic heterocycles. The van der Waals surface area contributed by atoms with Crippen LogP contribution in [0.15, 0.2) is 59.4 Å². The Morgan fingerprint density at radius 2 is 1.81 bits per heavy atom. The van der Waals surface area contributed by atoms with Gasteiger partial charge in [-0.3, -0.25) is 9.59 Å². The first kappa shape index (κ1) is 17.8. The molecule has 0 atom stereocenters. The fourth-order valence-corrected chi connectivity index (χ4v) is 2.83. The largest absolute Gasteiger partial charge is 0.312 e. The molecule has 6 heteroatoms. The minimum absolute atomic E-state index is 0.0218. The van der Waals surface area contributed by atoms with E-state index in [0.29, 0.717) is 17.4 Å². The predicted octanol–water partition coefficient (Wildman–Crippen LogP) is 3.01. The highest BCUT2D eigenvalue weighted by Crippen LogP contribution is 2.15. The number of rotatable bonds is 7. The molecule has 1 aromatic heterocycles. The smallest absolute Gasteiger partial charge is 0.277 e. The van der Waals surface area contributed by atoms with Crippen LogP contribution in [0.5, 0.6) is 0 Å².